The molecule has 0 aliphatic carbocycles. The molecule has 0 aliphatic rings. The van der Waals surface area contributed by atoms with Gasteiger partial charge >= 0.3 is 0 Å². The number of anilines is 1. The van der Waals surface area contributed by atoms with Crippen LogP contribution in [0.15, 0.2) is 105 Å². The molecule has 272 valence electrons. The van der Waals surface area contributed by atoms with E-state index in [-0.39, 0.29) is 61.8 Å². The summed E-state index contributed by atoms with van der Waals surface area (Å²) in [6, 6.07) is 19.0. The molecule has 0 amide bonds. The lowest BCUT2D eigenvalue weighted by molar-refractivity contribution is 0.231. The van der Waals surface area contributed by atoms with Crippen LogP contribution in [-0.2, 0) is 10.1 Å². The molecule has 1 unspecified atom stereocenters. The van der Waals surface area contributed by atoms with E-state index in [9.17, 15) is 26.4 Å². The van der Waals surface area contributed by atoms with E-state index in [1.165, 1.54) is 71.7 Å². The highest BCUT2D eigenvalue weighted by Crippen LogP contribution is 2.37. The second-order valence-electron chi connectivity index (χ2n) is 12.3. The van der Waals surface area contributed by atoms with E-state index in [2.05, 4.69) is 9.97 Å². The minimum Gasteiger partial charge on any atom is -0.488 e. The van der Waals surface area contributed by atoms with Gasteiger partial charge in [-0.15, -0.1) is 0 Å². The van der Waals surface area contributed by atoms with Gasteiger partial charge in [-0.25, -0.2) is 27.8 Å². The van der Waals surface area contributed by atoms with Crippen molar-refractivity contribution in [3.63, 3.8) is 0 Å². The van der Waals surface area contributed by atoms with Crippen molar-refractivity contribution in [2.45, 2.75) is 44.7 Å². The Labute approximate surface area is 301 Å². The first-order valence-corrected chi connectivity index (χ1v) is 17.6. The number of aromatic nitrogens is 4. The van der Waals surface area contributed by atoms with E-state index in [0.29, 0.717) is 10.9 Å². The molecule has 4 aromatic carbocycles. The molecule has 3 aromatic heterocycles. The first kappa shape index (κ1) is 36.7. The molecular weight excluding hydrogens is 712 g/mol. The van der Waals surface area contributed by atoms with Crippen molar-refractivity contribution in [1.29, 1.82) is 0 Å². The van der Waals surface area contributed by atoms with Gasteiger partial charge in [0.1, 0.15) is 52.2 Å². The fourth-order valence-electron chi connectivity index (χ4n) is 5.71. The van der Waals surface area contributed by atoms with Crippen molar-refractivity contribution in [3.8, 4) is 28.1 Å². The predicted octanol–water partition coefficient (Wildman–Crippen LogP) is 7.90. The van der Waals surface area contributed by atoms with Gasteiger partial charge in [-0.05, 0) is 87.9 Å². The quantitative estimate of drug-likeness (QED) is 0.153. The summed E-state index contributed by atoms with van der Waals surface area (Å²) < 4.78 is 86.8. The number of nitrogens with two attached hydrogens (primary N) is 1. The van der Waals surface area contributed by atoms with Crippen LogP contribution in [0.4, 0.5) is 19.0 Å². The molecule has 0 saturated carbocycles. The van der Waals surface area contributed by atoms with E-state index in [1.54, 1.807) is 39.0 Å². The zero-order valence-corrected chi connectivity index (χ0v) is 29.5. The third-order valence-electron chi connectivity index (χ3n) is 8.16. The number of aryl methyl sites for hydroxylation is 1. The molecule has 0 fully saturated rings. The van der Waals surface area contributed by atoms with Gasteiger partial charge < -0.3 is 14.9 Å². The minimum atomic E-state index is -4.02. The number of rotatable bonds is 7. The number of hydrogen-bond acceptors (Lipinski definition) is 9. The molecule has 7 aromatic rings. The second kappa shape index (κ2) is 14.5. The monoisotopic (exact) mass is 743 g/mol. The van der Waals surface area contributed by atoms with Crippen LogP contribution >= 0.6 is 0 Å². The first-order valence-electron chi connectivity index (χ1n) is 16.1. The first-order chi connectivity index (χ1) is 25.1. The summed E-state index contributed by atoms with van der Waals surface area (Å²) in [5.74, 6) is -1.67. The largest absolute Gasteiger partial charge is 0.488 e. The van der Waals surface area contributed by atoms with Gasteiger partial charge in [-0.3, -0.25) is 9.35 Å². The van der Waals surface area contributed by atoms with Crippen LogP contribution in [0.25, 0.3) is 44.4 Å². The summed E-state index contributed by atoms with van der Waals surface area (Å²) in [6.07, 6.45) is 1.03. The lowest BCUT2D eigenvalue weighted by atomic mass is 9.99. The van der Waals surface area contributed by atoms with Gasteiger partial charge in [-0.1, -0.05) is 35.9 Å². The molecule has 0 aliphatic heterocycles. The van der Waals surface area contributed by atoms with E-state index in [0.717, 1.165) is 11.6 Å². The van der Waals surface area contributed by atoms with Crippen molar-refractivity contribution in [1.82, 2.24) is 19.7 Å². The molecule has 11 nitrogen and oxygen atoms in total. The Morgan fingerprint density at radius 2 is 1.58 bits per heavy atom. The molecule has 15 heteroatoms. The van der Waals surface area contributed by atoms with Crippen LogP contribution in [0.5, 0.6) is 5.75 Å². The van der Waals surface area contributed by atoms with Gasteiger partial charge in [0, 0.05) is 5.56 Å². The van der Waals surface area contributed by atoms with Crippen LogP contribution in [0.2, 0.25) is 0 Å². The van der Waals surface area contributed by atoms with Crippen molar-refractivity contribution in [2.75, 3.05) is 5.73 Å². The zero-order chi connectivity index (χ0) is 38.2. The zero-order valence-electron chi connectivity index (χ0n) is 28.7. The van der Waals surface area contributed by atoms with E-state index in [1.807, 2.05) is 6.92 Å². The molecule has 3 heterocycles. The number of halogens is 3. The number of fused-ring (bicyclic) bond motifs is 2. The van der Waals surface area contributed by atoms with Crippen molar-refractivity contribution < 1.29 is 35.3 Å². The molecular formula is C38H32F3N5O6S. The average Bonchev–Trinajstić information content (AvgIpc) is 3.49. The van der Waals surface area contributed by atoms with Crippen LogP contribution in [0, 0.1) is 24.4 Å². The smallest absolute Gasteiger partial charge is 0.294 e. The van der Waals surface area contributed by atoms with Gasteiger partial charge in [0.2, 0.25) is 5.43 Å². The van der Waals surface area contributed by atoms with Gasteiger partial charge in [0.05, 0.1) is 21.9 Å². The Bertz CT molecular complexity index is 2660. The van der Waals surface area contributed by atoms with Gasteiger partial charge in [-0.2, -0.15) is 13.5 Å². The van der Waals surface area contributed by atoms with E-state index in [4.69, 9.17) is 24.5 Å². The molecule has 53 heavy (non-hydrogen) atoms. The third kappa shape index (κ3) is 7.47. The number of nitrogens with zero attached hydrogens (tertiary/aromatic N) is 4. The molecule has 1 atom stereocenters. The molecule has 0 bridgehead atoms. The molecule has 0 radical (unpaired) electrons. The highest BCUT2D eigenvalue weighted by atomic mass is 32.2. The number of ether oxygens (including phenoxy) is 1. The summed E-state index contributed by atoms with van der Waals surface area (Å²) in [5, 5.41) is 4.81. The minimum absolute atomic E-state index is 0.00985. The fraction of sp³-hybridized carbons (Fsp3) is 0.158. The summed E-state index contributed by atoms with van der Waals surface area (Å²) in [6.45, 7) is 7.12. The van der Waals surface area contributed by atoms with Crippen LogP contribution in [-0.4, -0.2) is 38.8 Å². The highest BCUT2D eigenvalue weighted by molar-refractivity contribution is 7.85. The Balaban J connectivity index is 0.000000376. The Morgan fingerprint density at radius 3 is 2.25 bits per heavy atom. The van der Waals surface area contributed by atoms with Crippen molar-refractivity contribution in [3.05, 3.63) is 130 Å². The predicted molar refractivity (Wildman–Crippen MR) is 194 cm³/mol. The maximum Gasteiger partial charge on any atom is 0.294 e. The highest BCUT2D eigenvalue weighted by Gasteiger charge is 2.28. The standard InChI is InChI=1S/C31H24F3N5O3.C7H8O3S/c1-15(2)41-22-11-10-18(13-21(22)34)27-26-30(35)36-14-37-31(26)39(38-27)16(3)29-24(17-6-4-7-19(32)12-17)28(40)25-20(33)8-5-9-23(25)42-29;1-6-2-4-7(5-3-6)11(8,9)10/h4-16H,1-3H3,(H2,35,36,37);2-5H,1H3,(H,8,9,10). The van der Waals surface area contributed by atoms with E-state index >= 15 is 0 Å². The third-order valence-corrected chi connectivity index (χ3v) is 9.03. The SMILES string of the molecule is CC(C)Oc1ccc(-c2nn(C(C)c3oc4cccc(F)c4c(=O)c3-c3cccc(F)c3)c3ncnc(N)c23)cc1F.Cc1ccc(S(=O)(=O)O)cc1. The lowest BCUT2D eigenvalue weighted by Gasteiger charge is -2.17. The summed E-state index contributed by atoms with van der Waals surface area (Å²) in [5.41, 5.74) is 7.66. The summed E-state index contributed by atoms with van der Waals surface area (Å²) in [4.78, 5) is 22.2. The average molecular weight is 744 g/mol. The van der Waals surface area contributed by atoms with Crippen molar-refractivity contribution in [2.24, 2.45) is 0 Å². The van der Waals surface area contributed by atoms with Crippen molar-refractivity contribution >= 4 is 37.9 Å². The Hall–Kier alpha value is -6.06. The topological polar surface area (TPSA) is 163 Å². The molecule has 0 saturated heterocycles. The lowest BCUT2D eigenvalue weighted by Crippen LogP contribution is -2.17. The van der Waals surface area contributed by atoms with Crippen LogP contribution in [0.3, 0.4) is 0 Å². The van der Waals surface area contributed by atoms with Gasteiger partial charge in [0.25, 0.3) is 10.1 Å². The fourth-order valence-corrected chi connectivity index (χ4v) is 6.19. The normalized spacial score (nSPS) is 12.2. The molecule has 7 rings (SSSR count). The second-order valence-corrected chi connectivity index (χ2v) is 13.7. The van der Waals surface area contributed by atoms with Crippen LogP contribution < -0.4 is 15.9 Å². The number of hydrogen-bond donors (Lipinski definition) is 2. The number of nitrogen functional groups attached to an aromatic ring is 1. The van der Waals surface area contributed by atoms with Crippen LogP contribution in [0.1, 0.15) is 38.1 Å². The summed E-state index contributed by atoms with van der Waals surface area (Å²) >= 11 is 0. The summed E-state index contributed by atoms with van der Waals surface area (Å²) in [7, 11) is -4.02. The molecule has 0 spiro atoms. The maximum absolute atomic E-state index is 15.0. The molecule has 3 N–H and O–H groups in total. The number of benzene rings is 4. The maximum atomic E-state index is 15.0. The van der Waals surface area contributed by atoms with E-state index < -0.39 is 39.0 Å². The Kier molecular flexibility index (Phi) is 10.1. The van der Waals surface area contributed by atoms with Gasteiger partial charge in [0.15, 0.2) is 17.2 Å². The Morgan fingerprint density at radius 1 is 0.868 bits per heavy atom.